The summed E-state index contributed by atoms with van der Waals surface area (Å²) >= 11 is 0. The van der Waals surface area contributed by atoms with E-state index in [1.165, 1.54) is 50.0 Å². The van der Waals surface area contributed by atoms with Crippen LogP contribution < -0.4 is 0 Å². The number of hydrogen-bond acceptors (Lipinski definition) is 4. The summed E-state index contributed by atoms with van der Waals surface area (Å²) in [5, 5.41) is 22.4. The summed E-state index contributed by atoms with van der Waals surface area (Å²) in [6, 6.07) is 0. The molecule has 0 amide bonds. The summed E-state index contributed by atoms with van der Waals surface area (Å²) in [6.07, 6.45) is 15.6. The topological polar surface area (TPSA) is 52.9 Å². The maximum absolute atomic E-state index is 10.7. The van der Waals surface area contributed by atoms with Crippen molar-refractivity contribution < 1.29 is 15.1 Å². The normalized spacial score (nSPS) is 49.2. The molecule has 0 radical (unpaired) electrons. The molecule has 1 heterocycles. The number of hydroxylamine groups is 2. The zero-order valence-corrected chi connectivity index (χ0v) is 22.8. The van der Waals surface area contributed by atoms with E-state index in [1.54, 1.807) is 5.57 Å². The van der Waals surface area contributed by atoms with Gasteiger partial charge in [0.05, 0.1) is 18.2 Å². The fourth-order valence-electron chi connectivity index (χ4n) is 9.84. The predicted molar refractivity (Wildman–Crippen MR) is 136 cm³/mol. The molecular formula is C30H51NO3. The van der Waals surface area contributed by atoms with Gasteiger partial charge in [-0.2, -0.15) is 5.06 Å². The lowest BCUT2D eigenvalue weighted by atomic mass is 9.47. The van der Waals surface area contributed by atoms with Crippen LogP contribution in [0.2, 0.25) is 0 Å². The number of rotatable bonds is 5. The maximum atomic E-state index is 10.7. The number of ether oxygens (including phenoxy) is 1. The summed E-state index contributed by atoms with van der Waals surface area (Å²) in [5.41, 5.74) is 1.57. The molecule has 5 aliphatic rings. The predicted octanol–water partition coefficient (Wildman–Crippen LogP) is 6.95. The summed E-state index contributed by atoms with van der Waals surface area (Å²) in [5.74, 6) is 4.08. The van der Waals surface area contributed by atoms with Crippen LogP contribution in [0.5, 0.6) is 0 Å². The number of aliphatic hydroxyl groups excluding tert-OH is 1. The van der Waals surface area contributed by atoms with E-state index in [9.17, 15) is 10.3 Å². The first-order valence-corrected chi connectivity index (χ1v) is 14.4. The highest BCUT2D eigenvalue weighted by molar-refractivity contribution is 5.25. The molecular weight excluding hydrogens is 422 g/mol. The van der Waals surface area contributed by atoms with E-state index in [-0.39, 0.29) is 11.6 Å². The third-order valence-electron chi connectivity index (χ3n) is 11.9. The van der Waals surface area contributed by atoms with Crippen molar-refractivity contribution in [3.63, 3.8) is 0 Å². The molecule has 4 heteroatoms. The van der Waals surface area contributed by atoms with Crippen molar-refractivity contribution in [2.24, 2.45) is 40.4 Å². The lowest BCUT2D eigenvalue weighted by Gasteiger charge is -2.58. The number of hydrogen-bond donors (Lipinski definition) is 2. The van der Waals surface area contributed by atoms with Crippen LogP contribution in [-0.4, -0.2) is 39.4 Å². The van der Waals surface area contributed by atoms with Gasteiger partial charge in [-0.05, 0) is 125 Å². The average Bonchev–Trinajstić information content (AvgIpc) is 3.24. The Labute approximate surface area is 208 Å². The lowest BCUT2D eigenvalue weighted by molar-refractivity contribution is -0.245. The molecule has 0 aromatic heterocycles. The van der Waals surface area contributed by atoms with Crippen molar-refractivity contribution in [2.45, 2.75) is 130 Å². The molecule has 3 saturated carbocycles. The van der Waals surface area contributed by atoms with Crippen LogP contribution in [0.15, 0.2) is 11.6 Å². The summed E-state index contributed by atoms with van der Waals surface area (Å²) in [4.78, 5) is 0. The Hall–Kier alpha value is -0.420. The van der Waals surface area contributed by atoms with Crippen molar-refractivity contribution in [3.05, 3.63) is 11.6 Å². The second-order valence-electron chi connectivity index (χ2n) is 14.3. The van der Waals surface area contributed by atoms with Crippen molar-refractivity contribution in [3.8, 4) is 0 Å². The minimum atomic E-state index is -0.543. The molecule has 34 heavy (non-hydrogen) atoms. The van der Waals surface area contributed by atoms with Gasteiger partial charge in [-0.15, -0.1) is 0 Å². The van der Waals surface area contributed by atoms with E-state index >= 15 is 0 Å². The molecule has 1 aliphatic heterocycles. The lowest BCUT2D eigenvalue weighted by Crippen LogP contribution is -2.50. The molecule has 9 atom stereocenters. The van der Waals surface area contributed by atoms with E-state index < -0.39 is 5.72 Å². The van der Waals surface area contributed by atoms with E-state index in [4.69, 9.17) is 4.74 Å². The Morgan fingerprint density at radius 2 is 1.82 bits per heavy atom. The zero-order chi connectivity index (χ0) is 24.5. The highest BCUT2D eigenvalue weighted by atomic mass is 16.6. The third kappa shape index (κ3) is 3.85. The molecule has 9 unspecified atom stereocenters. The molecule has 0 aromatic carbocycles. The standard InChI is InChI=1S/C30H51NO3/c1-20(8-7-15-30(6)31(33)27(2,3)19-34-30)24-11-12-25-23-10-9-21-18-22(32)13-16-28(21,4)26(23)14-17-29(24,25)5/h9,20,22-26,32-33H,7-8,10-19H2,1-6H3. The first-order chi connectivity index (χ1) is 15.9. The third-order valence-corrected chi connectivity index (χ3v) is 11.9. The fourth-order valence-corrected chi connectivity index (χ4v) is 9.84. The minimum absolute atomic E-state index is 0.109. The van der Waals surface area contributed by atoms with E-state index in [0.29, 0.717) is 17.4 Å². The number of nitrogens with zero attached hydrogens (tertiary/aromatic N) is 1. The van der Waals surface area contributed by atoms with Gasteiger partial charge in [0.1, 0.15) is 5.72 Å². The van der Waals surface area contributed by atoms with Crippen LogP contribution in [0, 0.1) is 40.4 Å². The number of aliphatic hydroxyl groups is 1. The molecule has 1 saturated heterocycles. The summed E-state index contributed by atoms with van der Waals surface area (Å²) in [7, 11) is 0. The number of fused-ring (bicyclic) bond motifs is 5. The first-order valence-electron chi connectivity index (χ1n) is 14.4. The average molecular weight is 474 g/mol. The van der Waals surface area contributed by atoms with Gasteiger partial charge in [0.25, 0.3) is 0 Å². The van der Waals surface area contributed by atoms with Crippen LogP contribution in [0.4, 0.5) is 0 Å². The van der Waals surface area contributed by atoms with Gasteiger partial charge in [0.15, 0.2) is 0 Å². The van der Waals surface area contributed by atoms with Gasteiger partial charge >= 0.3 is 0 Å². The van der Waals surface area contributed by atoms with Gasteiger partial charge < -0.3 is 15.1 Å². The molecule has 5 rings (SSSR count). The Balaban J connectivity index is 1.23. The molecule has 2 N–H and O–H groups in total. The van der Waals surface area contributed by atoms with Crippen LogP contribution in [-0.2, 0) is 4.74 Å². The molecule has 0 aromatic rings. The minimum Gasteiger partial charge on any atom is -0.393 e. The Kier molecular flexibility index (Phi) is 6.36. The van der Waals surface area contributed by atoms with Gasteiger partial charge in [0, 0.05) is 0 Å². The largest absolute Gasteiger partial charge is 0.393 e. The molecule has 4 nitrogen and oxygen atoms in total. The highest BCUT2D eigenvalue weighted by Crippen LogP contribution is 2.67. The Morgan fingerprint density at radius 3 is 2.53 bits per heavy atom. The monoisotopic (exact) mass is 473 g/mol. The number of allylic oxidation sites excluding steroid dienone is 1. The highest BCUT2D eigenvalue weighted by Gasteiger charge is 2.59. The van der Waals surface area contributed by atoms with Crippen molar-refractivity contribution in [2.75, 3.05) is 6.61 Å². The summed E-state index contributed by atoms with van der Waals surface area (Å²) < 4.78 is 6.05. The zero-order valence-electron chi connectivity index (χ0n) is 22.8. The molecule has 4 aliphatic carbocycles. The van der Waals surface area contributed by atoms with Crippen LogP contribution in [0.3, 0.4) is 0 Å². The van der Waals surface area contributed by atoms with Crippen LogP contribution >= 0.6 is 0 Å². The van der Waals surface area contributed by atoms with Gasteiger partial charge in [0.2, 0.25) is 0 Å². The first kappa shape index (κ1) is 25.2. The molecule has 194 valence electrons. The van der Waals surface area contributed by atoms with Crippen molar-refractivity contribution in [1.82, 2.24) is 5.06 Å². The second-order valence-corrected chi connectivity index (χ2v) is 14.3. The SMILES string of the molecule is CC(CCCC1(C)OCC(C)(C)N1O)C1CCC2C3CC=C4CC(O)CCC4(C)C3CCC12C. The molecule has 0 bridgehead atoms. The van der Waals surface area contributed by atoms with Gasteiger partial charge in [-0.25, -0.2) is 0 Å². The molecule has 0 spiro atoms. The second kappa shape index (κ2) is 8.57. The summed E-state index contributed by atoms with van der Waals surface area (Å²) in [6.45, 7) is 14.4. The Bertz CT molecular complexity index is 809. The van der Waals surface area contributed by atoms with Gasteiger partial charge in [-0.3, -0.25) is 0 Å². The van der Waals surface area contributed by atoms with Crippen LogP contribution in [0.25, 0.3) is 0 Å². The van der Waals surface area contributed by atoms with E-state index in [0.717, 1.165) is 55.3 Å². The van der Waals surface area contributed by atoms with Crippen LogP contribution in [0.1, 0.15) is 112 Å². The van der Waals surface area contributed by atoms with Crippen molar-refractivity contribution in [1.29, 1.82) is 0 Å². The fraction of sp³-hybridized carbons (Fsp3) is 0.933. The quantitative estimate of drug-likeness (QED) is 0.424. The maximum Gasteiger partial charge on any atom is 0.141 e. The van der Waals surface area contributed by atoms with E-state index in [2.05, 4.69) is 47.6 Å². The van der Waals surface area contributed by atoms with Gasteiger partial charge in [-0.1, -0.05) is 38.8 Å². The Morgan fingerprint density at radius 1 is 1.06 bits per heavy atom. The smallest absolute Gasteiger partial charge is 0.141 e. The van der Waals surface area contributed by atoms with E-state index in [1.807, 2.05) is 0 Å². The van der Waals surface area contributed by atoms with Crippen molar-refractivity contribution >= 4 is 0 Å². The molecule has 4 fully saturated rings.